The Morgan fingerprint density at radius 1 is 1.03 bits per heavy atom. The number of nitrogens with one attached hydrogen (secondary N) is 1. The van der Waals surface area contributed by atoms with Crippen molar-refractivity contribution in [3.8, 4) is 17.0 Å². The Kier molecular flexibility index (Phi) is 6.86. The number of hydrogen-bond acceptors (Lipinski definition) is 7. The van der Waals surface area contributed by atoms with Gasteiger partial charge in [0.2, 0.25) is 5.91 Å². The zero-order valence-corrected chi connectivity index (χ0v) is 22.4. The van der Waals surface area contributed by atoms with E-state index in [9.17, 15) is 28.0 Å². The van der Waals surface area contributed by atoms with Crippen LogP contribution in [0.4, 0.5) is 13.9 Å². The third-order valence-corrected chi connectivity index (χ3v) is 6.47. The molecule has 1 aromatic carbocycles. The van der Waals surface area contributed by atoms with E-state index in [1.165, 1.54) is 26.5 Å². The van der Waals surface area contributed by atoms with Crippen LogP contribution >= 0.6 is 11.3 Å². The van der Waals surface area contributed by atoms with Gasteiger partial charge in [0, 0.05) is 32.1 Å². The molecule has 1 amide bonds. The number of imidazole rings is 1. The number of fused-ring (bicyclic) bond motifs is 1. The first-order valence-corrected chi connectivity index (χ1v) is 12.3. The van der Waals surface area contributed by atoms with Crippen molar-refractivity contribution in [1.29, 1.82) is 0 Å². The summed E-state index contributed by atoms with van der Waals surface area (Å²) >= 11 is 1.01. The third kappa shape index (κ3) is 4.90. The minimum atomic E-state index is -0.880. The van der Waals surface area contributed by atoms with Crippen molar-refractivity contribution in [3.63, 3.8) is 0 Å². The van der Waals surface area contributed by atoms with Crippen molar-refractivity contribution < 1.29 is 18.3 Å². The maximum absolute atomic E-state index is 14.6. The minimum absolute atomic E-state index is 0.0754. The average molecular weight is 549 g/mol. The van der Waals surface area contributed by atoms with Crippen molar-refractivity contribution in [2.45, 2.75) is 27.3 Å². The van der Waals surface area contributed by atoms with Gasteiger partial charge >= 0.3 is 11.4 Å². The Morgan fingerprint density at radius 3 is 2.24 bits per heavy atom. The molecule has 0 radical (unpaired) electrons. The number of hydrogen-bond donors (Lipinski definition) is 1. The lowest BCUT2D eigenvalue weighted by molar-refractivity contribution is -0.116. The molecule has 0 bridgehead atoms. The van der Waals surface area contributed by atoms with Crippen LogP contribution in [0.1, 0.15) is 20.8 Å². The van der Waals surface area contributed by atoms with Gasteiger partial charge in [-0.3, -0.25) is 27.9 Å². The van der Waals surface area contributed by atoms with Gasteiger partial charge in [0.25, 0.3) is 5.56 Å². The lowest BCUT2D eigenvalue weighted by atomic mass is 9.99. The lowest BCUT2D eigenvalue weighted by Crippen LogP contribution is -2.38. The van der Waals surface area contributed by atoms with Crippen LogP contribution in [0.2, 0.25) is 0 Å². The number of thiazole rings is 1. The van der Waals surface area contributed by atoms with Crippen molar-refractivity contribution in [2.24, 2.45) is 26.6 Å². The summed E-state index contributed by atoms with van der Waals surface area (Å²) in [5.41, 5.74) is -1.94. The quantitative estimate of drug-likeness (QED) is 0.394. The number of anilines is 1. The summed E-state index contributed by atoms with van der Waals surface area (Å²) in [6.07, 6.45) is 0. The van der Waals surface area contributed by atoms with Crippen LogP contribution in [0.5, 0.6) is 5.75 Å². The standard InChI is InChI=1S/C24H26F2N6O5S/c1-24(2,3)11-37-18-13(25)7-12(8-14(18)26)15-10-38-21(27-15)28-16(33)9-32-17-19(30(5)23(32)36)29(4)22(35)31(6)20(17)34/h7-8,10H,9,11H2,1-6H3,(H,27,28,33). The molecule has 0 aliphatic rings. The van der Waals surface area contributed by atoms with Crippen LogP contribution < -0.4 is 27.0 Å². The van der Waals surface area contributed by atoms with Crippen LogP contribution in [-0.4, -0.2) is 35.8 Å². The largest absolute Gasteiger partial charge is 0.487 e. The molecular formula is C24H26F2N6O5S. The fourth-order valence-corrected chi connectivity index (χ4v) is 4.59. The number of aryl methyl sites for hydroxylation is 2. The van der Waals surface area contributed by atoms with E-state index in [1.54, 1.807) is 0 Å². The Labute approximate surface area is 218 Å². The fourth-order valence-electron chi connectivity index (χ4n) is 3.85. The highest BCUT2D eigenvalue weighted by Crippen LogP contribution is 2.31. The third-order valence-electron chi connectivity index (χ3n) is 5.71. The van der Waals surface area contributed by atoms with Crippen LogP contribution in [0.15, 0.2) is 31.9 Å². The predicted molar refractivity (Wildman–Crippen MR) is 139 cm³/mol. The number of carbonyl (C=O) groups is 1. The molecule has 0 saturated heterocycles. The highest BCUT2D eigenvalue weighted by Gasteiger charge is 2.22. The molecule has 0 saturated carbocycles. The molecule has 0 fully saturated rings. The smallest absolute Gasteiger partial charge is 0.332 e. The van der Waals surface area contributed by atoms with Gasteiger partial charge in [-0.15, -0.1) is 11.3 Å². The van der Waals surface area contributed by atoms with Crippen LogP contribution in [0.25, 0.3) is 22.4 Å². The summed E-state index contributed by atoms with van der Waals surface area (Å²) < 4.78 is 38.5. The number of halogens is 2. The summed E-state index contributed by atoms with van der Waals surface area (Å²) in [6.45, 7) is 5.22. The van der Waals surface area contributed by atoms with Crippen LogP contribution in [-0.2, 0) is 32.5 Å². The monoisotopic (exact) mass is 548 g/mol. The van der Waals surface area contributed by atoms with E-state index in [1.807, 2.05) is 20.8 Å². The Balaban J connectivity index is 1.57. The SMILES string of the molecule is Cn1c(=O)c2c(n(C)c1=O)n(C)c(=O)n2CC(=O)Nc1nc(-c2cc(F)c(OCC(C)(C)C)c(F)c2)cs1. The van der Waals surface area contributed by atoms with E-state index in [-0.39, 0.29) is 39.6 Å². The maximum atomic E-state index is 14.6. The van der Waals surface area contributed by atoms with Gasteiger partial charge in [-0.2, -0.15) is 0 Å². The van der Waals surface area contributed by atoms with Crippen molar-refractivity contribution in [1.82, 2.24) is 23.3 Å². The van der Waals surface area contributed by atoms with Gasteiger partial charge in [0.15, 0.2) is 33.7 Å². The second-order valence-corrected chi connectivity index (χ2v) is 10.9. The molecular weight excluding hydrogens is 522 g/mol. The Bertz CT molecular complexity index is 1730. The highest BCUT2D eigenvalue weighted by molar-refractivity contribution is 7.14. The van der Waals surface area contributed by atoms with E-state index >= 15 is 0 Å². The first-order chi connectivity index (χ1) is 17.7. The minimum Gasteiger partial charge on any atom is -0.487 e. The molecule has 202 valence electrons. The molecule has 3 aromatic heterocycles. The molecule has 0 aliphatic heterocycles. The summed E-state index contributed by atoms with van der Waals surface area (Å²) in [7, 11) is 4.08. The summed E-state index contributed by atoms with van der Waals surface area (Å²) in [5.74, 6) is -2.90. The van der Waals surface area contributed by atoms with Crippen molar-refractivity contribution in [3.05, 3.63) is 60.5 Å². The summed E-state index contributed by atoms with van der Waals surface area (Å²) in [4.78, 5) is 54.7. The average Bonchev–Trinajstić information content (AvgIpc) is 3.38. The number of aromatic nitrogens is 5. The van der Waals surface area contributed by atoms with E-state index in [0.29, 0.717) is 0 Å². The molecule has 0 spiro atoms. The number of nitrogens with zero attached hydrogens (tertiary/aromatic N) is 5. The van der Waals surface area contributed by atoms with Crippen molar-refractivity contribution in [2.75, 3.05) is 11.9 Å². The first kappa shape index (κ1) is 27.0. The maximum Gasteiger partial charge on any atom is 0.332 e. The van der Waals surface area contributed by atoms with E-state index in [0.717, 1.165) is 41.7 Å². The summed E-state index contributed by atoms with van der Waals surface area (Å²) in [5, 5.41) is 4.16. The number of benzene rings is 1. The second kappa shape index (κ2) is 9.67. The molecule has 38 heavy (non-hydrogen) atoms. The molecule has 11 nitrogen and oxygen atoms in total. The van der Waals surface area contributed by atoms with Gasteiger partial charge in [0.05, 0.1) is 12.3 Å². The van der Waals surface area contributed by atoms with Crippen LogP contribution in [0.3, 0.4) is 0 Å². The van der Waals surface area contributed by atoms with E-state index in [4.69, 9.17) is 4.74 Å². The van der Waals surface area contributed by atoms with Gasteiger partial charge in [0.1, 0.15) is 6.54 Å². The Hall–Kier alpha value is -4.07. The van der Waals surface area contributed by atoms with Gasteiger partial charge < -0.3 is 10.1 Å². The molecule has 0 aliphatic carbocycles. The van der Waals surface area contributed by atoms with Gasteiger partial charge in [-0.05, 0) is 17.5 Å². The molecule has 0 unspecified atom stereocenters. The molecule has 0 atom stereocenters. The van der Waals surface area contributed by atoms with Gasteiger partial charge in [-0.1, -0.05) is 20.8 Å². The molecule has 4 aromatic rings. The number of carbonyl (C=O) groups excluding carboxylic acids is 1. The van der Waals surface area contributed by atoms with E-state index < -0.39 is 46.8 Å². The van der Waals surface area contributed by atoms with Crippen molar-refractivity contribution >= 4 is 33.5 Å². The molecule has 4 rings (SSSR count). The number of ether oxygens (including phenoxy) is 1. The number of amides is 1. The number of rotatable bonds is 6. The molecule has 1 N–H and O–H groups in total. The summed E-state index contributed by atoms with van der Waals surface area (Å²) in [6, 6.07) is 2.19. The molecule has 3 heterocycles. The normalized spacial score (nSPS) is 11.8. The van der Waals surface area contributed by atoms with Gasteiger partial charge in [-0.25, -0.2) is 23.4 Å². The fraction of sp³-hybridized carbons (Fsp3) is 0.375. The molecule has 14 heteroatoms. The topological polar surface area (TPSA) is 122 Å². The predicted octanol–water partition coefficient (Wildman–Crippen LogP) is 2.20. The Morgan fingerprint density at radius 2 is 1.63 bits per heavy atom. The second-order valence-electron chi connectivity index (χ2n) is 10.0. The highest BCUT2D eigenvalue weighted by atomic mass is 32.1. The van der Waals surface area contributed by atoms with E-state index in [2.05, 4.69) is 10.3 Å². The zero-order chi connectivity index (χ0) is 28.1. The first-order valence-electron chi connectivity index (χ1n) is 11.4. The lowest BCUT2D eigenvalue weighted by Gasteiger charge is -2.19. The van der Waals surface area contributed by atoms with Crippen LogP contribution in [0, 0.1) is 17.0 Å². The zero-order valence-electron chi connectivity index (χ0n) is 21.6.